The van der Waals surface area contributed by atoms with Crippen LogP contribution in [0.1, 0.15) is 45.1 Å². The second-order valence-corrected chi connectivity index (χ2v) is 8.48. The van der Waals surface area contributed by atoms with Gasteiger partial charge in [0.15, 0.2) is 0 Å². The van der Waals surface area contributed by atoms with E-state index in [1.807, 2.05) is 36.3 Å². The summed E-state index contributed by atoms with van der Waals surface area (Å²) in [5, 5.41) is 0. The van der Waals surface area contributed by atoms with Crippen LogP contribution in [0.15, 0.2) is 36.5 Å². The molecule has 0 unspecified atom stereocenters. The van der Waals surface area contributed by atoms with Crippen LogP contribution in [0.5, 0.6) is 5.75 Å². The van der Waals surface area contributed by atoms with Crippen LogP contribution in [-0.4, -0.2) is 61.8 Å². The van der Waals surface area contributed by atoms with Gasteiger partial charge in [0.05, 0.1) is 19.2 Å². The standard InChI is InChI=1S/C24H34N4O3/c1-17(14-19(3)29)20-6-8-21(9-7-20)31-22-11-13-28(15-22)23-10-12-25-24(26-23)27(4)18(2)16-30-5/h6-10,12,17-18,22H,11,13-16H2,1-5H3/t17-,18+,22-/m1/s1. The minimum absolute atomic E-state index is 0.115. The number of carbonyl (C=O) groups is 1. The van der Waals surface area contributed by atoms with Crippen molar-refractivity contribution in [1.82, 2.24) is 9.97 Å². The predicted molar refractivity (Wildman–Crippen MR) is 123 cm³/mol. The van der Waals surface area contributed by atoms with E-state index in [-0.39, 0.29) is 23.8 Å². The van der Waals surface area contributed by atoms with Gasteiger partial charge in [-0.15, -0.1) is 0 Å². The summed E-state index contributed by atoms with van der Waals surface area (Å²) in [5.74, 6) is 2.92. The number of carbonyl (C=O) groups excluding carboxylic acids is 1. The summed E-state index contributed by atoms with van der Waals surface area (Å²) in [4.78, 5) is 24.8. The Labute approximate surface area is 185 Å². The summed E-state index contributed by atoms with van der Waals surface area (Å²) in [6.07, 6.45) is 3.43. The van der Waals surface area contributed by atoms with Gasteiger partial charge in [0.1, 0.15) is 23.5 Å². The molecule has 0 N–H and O–H groups in total. The summed E-state index contributed by atoms with van der Waals surface area (Å²) in [5.41, 5.74) is 1.16. The second-order valence-electron chi connectivity index (χ2n) is 8.48. The number of benzene rings is 1. The SMILES string of the molecule is COC[C@H](C)N(C)c1nccc(N2CC[C@@H](Oc3ccc([C@H](C)CC(C)=O)cc3)C2)n1. The molecule has 3 rings (SSSR count). The van der Waals surface area contributed by atoms with Gasteiger partial charge in [-0.25, -0.2) is 4.98 Å². The monoisotopic (exact) mass is 426 g/mol. The number of methoxy groups -OCH3 is 1. The molecule has 0 radical (unpaired) electrons. The van der Waals surface area contributed by atoms with Crippen molar-refractivity contribution in [3.05, 3.63) is 42.1 Å². The van der Waals surface area contributed by atoms with E-state index < -0.39 is 0 Å². The Hall–Kier alpha value is -2.67. The van der Waals surface area contributed by atoms with E-state index in [2.05, 4.69) is 35.9 Å². The van der Waals surface area contributed by atoms with E-state index in [1.165, 1.54) is 0 Å². The van der Waals surface area contributed by atoms with Crippen LogP contribution in [0.25, 0.3) is 0 Å². The van der Waals surface area contributed by atoms with Gasteiger partial charge in [-0.1, -0.05) is 19.1 Å². The number of nitrogens with zero attached hydrogens (tertiary/aromatic N) is 4. The highest BCUT2D eigenvalue weighted by Crippen LogP contribution is 2.26. The first-order valence-corrected chi connectivity index (χ1v) is 10.9. The van der Waals surface area contributed by atoms with Crippen LogP contribution in [0.4, 0.5) is 11.8 Å². The lowest BCUT2D eigenvalue weighted by molar-refractivity contribution is -0.117. The lowest BCUT2D eigenvalue weighted by Gasteiger charge is -2.25. The number of ketones is 1. The molecule has 0 saturated carbocycles. The lowest BCUT2D eigenvalue weighted by atomic mass is 9.96. The van der Waals surface area contributed by atoms with Gasteiger partial charge in [-0.3, -0.25) is 0 Å². The zero-order valence-corrected chi connectivity index (χ0v) is 19.2. The molecular formula is C24H34N4O3. The second kappa shape index (κ2) is 10.6. The Morgan fingerprint density at radius 2 is 2.00 bits per heavy atom. The van der Waals surface area contributed by atoms with Gasteiger partial charge in [0.2, 0.25) is 5.95 Å². The third-order valence-electron chi connectivity index (χ3n) is 5.83. The first kappa shape index (κ1) is 23.0. The average molecular weight is 427 g/mol. The van der Waals surface area contributed by atoms with E-state index in [0.717, 1.165) is 36.6 Å². The minimum atomic E-state index is 0.115. The molecule has 2 aromatic rings. The molecule has 1 aliphatic rings. The fourth-order valence-corrected chi connectivity index (χ4v) is 3.88. The van der Waals surface area contributed by atoms with Crippen LogP contribution in [0.2, 0.25) is 0 Å². The summed E-state index contributed by atoms with van der Waals surface area (Å²) >= 11 is 0. The van der Waals surface area contributed by atoms with Crippen molar-refractivity contribution >= 4 is 17.5 Å². The molecule has 2 heterocycles. The van der Waals surface area contributed by atoms with Gasteiger partial charge in [-0.05, 0) is 43.5 Å². The number of hydrogen-bond donors (Lipinski definition) is 0. The van der Waals surface area contributed by atoms with Crippen molar-refractivity contribution in [2.45, 2.75) is 51.7 Å². The normalized spacial score (nSPS) is 18.0. The number of rotatable bonds is 10. The van der Waals surface area contributed by atoms with Crippen LogP contribution in [0, 0.1) is 0 Å². The molecule has 3 atom stereocenters. The Morgan fingerprint density at radius 1 is 1.26 bits per heavy atom. The molecule has 1 fully saturated rings. The zero-order chi connectivity index (χ0) is 22.4. The van der Waals surface area contributed by atoms with E-state index in [0.29, 0.717) is 19.0 Å². The molecule has 0 bridgehead atoms. The lowest BCUT2D eigenvalue weighted by Crippen LogP contribution is -2.34. The fourth-order valence-electron chi connectivity index (χ4n) is 3.88. The Balaban J connectivity index is 1.58. The fraction of sp³-hybridized carbons (Fsp3) is 0.542. The van der Waals surface area contributed by atoms with Gasteiger partial charge < -0.3 is 24.1 Å². The van der Waals surface area contributed by atoms with Crippen LogP contribution in [-0.2, 0) is 9.53 Å². The number of likely N-dealkylation sites (N-methyl/N-ethyl adjacent to an activating group) is 1. The average Bonchev–Trinajstić information content (AvgIpc) is 3.22. The molecule has 1 aromatic carbocycles. The largest absolute Gasteiger partial charge is 0.489 e. The number of aromatic nitrogens is 2. The summed E-state index contributed by atoms with van der Waals surface area (Å²) in [6, 6.07) is 10.3. The summed E-state index contributed by atoms with van der Waals surface area (Å²) in [6.45, 7) is 8.11. The minimum Gasteiger partial charge on any atom is -0.489 e. The highest BCUT2D eigenvalue weighted by molar-refractivity contribution is 5.76. The Kier molecular flexibility index (Phi) is 7.85. The van der Waals surface area contributed by atoms with Gasteiger partial charge >= 0.3 is 0 Å². The van der Waals surface area contributed by atoms with Crippen molar-refractivity contribution < 1.29 is 14.3 Å². The highest BCUT2D eigenvalue weighted by Gasteiger charge is 2.26. The number of Topliss-reactive ketones (excluding diaryl/α,β-unsaturated/α-hetero) is 1. The molecule has 1 aliphatic heterocycles. The third kappa shape index (κ3) is 6.17. The molecule has 0 spiro atoms. The molecular weight excluding hydrogens is 392 g/mol. The quantitative estimate of drug-likeness (QED) is 0.574. The van der Waals surface area contributed by atoms with Crippen molar-refractivity contribution in [2.75, 3.05) is 43.7 Å². The Bertz CT molecular complexity index is 858. The van der Waals surface area contributed by atoms with Gasteiger partial charge in [0, 0.05) is 39.7 Å². The van der Waals surface area contributed by atoms with Crippen molar-refractivity contribution in [3.8, 4) is 5.75 Å². The smallest absolute Gasteiger partial charge is 0.227 e. The highest BCUT2D eigenvalue weighted by atomic mass is 16.5. The van der Waals surface area contributed by atoms with E-state index in [4.69, 9.17) is 14.5 Å². The third-order valence-corrected chi connectivity index (χ3v) is 5.83. The molecule has 1 saturated heterocycles. The van der Waals surface area contributed by atoms with Gasteiger partial charge in [-0.2, -0.15) is 4.98 Å². The zero-order valence-electron chi connectivity index (χ0n) is 19.2. The summed E-state index contributed by atoms with van der Waals surface area (Å²) in [7, 11) is 3.69. The molecule has 0 aliphatic carbocycles. The molecule has 1 aromatic heterocycles. The number of hydrogen-bond acceptors (Lipinski definition) is 7. The van der Waals surface area contributed by atoms with E-state index >= 15 is 0 Å². The van der Waals surface area contributed by atoms with E-state index in [9.17, 15) is 4.79 Å². The van der Waals surface area contributed by atoms with Crippen LogP contribution >= 0.6 is 0 Å². The maximum Gasteiger partial charge on any atom is 0.227 e. The topological polar surface area (TPSA) is 67.8 Å². The van der Waals surface area contributed by atoms with E-state index in [1.54, 1.807) is 14.0 Å². The Morgan fingerprint density at radius 3 is 2.68 bits per heavy atom. The predicted octanol–water partition coefficient (Wildman–Crippen LogP) is 3.69. The van der Waals surface area contributed by atoms with Crippen LogP contribution in [0.3, 0.4) is 0 Å². The molecule has 7 nitrogen and oxygen atoms in total. The first-order valence-electron chi connectivity index (χ1n) is 10.9. The number of ether oxygens (including phenoxy) is 2. The van der Waals surface area contributed by atoms with Crippen molar-refractivity contribution in [1.29, 1.82) is 0 Å². The number of anilines is 2. The maximum atomic E-state index is 11.3. The first-order chi connectivity index (χ1) is 14.9. The molecule has 0 amide bonds. The van der Waals surface area contributed by atoms with Crippen molar-refractivity contribution in [2.24, 2.45) is 0 Å². The van der Waals surface area contributed by atoms with Crippen LogP contribution < -0.4 is 14.5 Å². The maximum absolute atomic E-state index is 11.3. The molecule has 7 heteroatoms. The summed E-state index contributed by atoms with van der Waals surface area (Å²) < 4.78 is 11.5. The van der Waals surface area contributed by atoms with Crippen molar-refractivity contribution in [3.63, 3.8) is 0 Å². The molecule has 168 valence electrons. The van der Waals surface area contributed by atoms with Gasteiger partial charge in [0.25, 0.3) is 0 Å². The molecule has 31 heavy (non-hydrogen) atoms.